The summed E-state index contributed by atoms with van der Waals surface area (Å²) in [5.41, 5.74) is 1.40. The van der Waals surface area contributed by atoms with Gasteiger partial charge in [0, 0.05) is 63.1 Å². The Morgan fingerprint density at radius 1 is 1.06 bits per heavy atom. The highest BCUT2D eigenvalue weighted by molar-refractivity contribution is 7.89. The third kappa shape index (κ3) is 4.64. The van der Waals surface area contributed by atoms with Crippen LogP contribution in [0.1, 0.15) is 27.9 Å². The smallest absolute Gasteiger partial charge is 0.257 e. The number of aromatic nitrogens is 1. The van der Waals surface area contributed by atoms with Gasteiger partial charge in [-0.2, -0.15) is 4.31 Å². The van der Waals surface area contributed by atoms with Crippen molar-refractivity contribution in [3.8, 4) is 0 Å². The van der Waals surface area contributed by atoms with Crippen LogP contribution in [-0.4, -0.2) is 79.1 Å². The molecule has 1 aromatic heterocycles. The van der Waals surface area contributed by atoms with Gasteiger partial charge in [0.25, 0.3) is 5.91 Å². The number of sulfonamides is 1. The first-order valence-electron chi connectivity index (χ1n) is 10.1. The predicted molar refractivity (Wildman–Crippen MR) is 118 cm³/mol. The minimum absolute atomic E-state index is 0.0551. The normalized spacial score (nSPS) is 17.9. The summed E-state index contributed by atoms with van der Waals surface area (Å²) in [6.07, 6.45) is 0.867. The third-order valence-corrected chi connectivity index (χ3v) is 8.49. The van der Waals surface area contributed by atoms with Gasteiger partial charge >= 0.3 is 0 Å². The molecule has 0 atom stereocenters. The van der Waals surface area contributed by atoms with Gasteiger partial charge in [-0.25, -0.2) is 13.4 Å². The van der Waals surface area contributed by atoms with E-state index in [2.05, 4.69) is 22.2 Å². The molecule has 0 radical (unpaired) electrons. The number of carbonyl (C=O) groups is 2. The monoisotopic (exact) mass is 463 g/mol. The van der Waals surface area contributed by atoms with Crippen LogP contribution in [0.3, 0.4) is 0 Å². The van der Waals surface area contributed by atoms with Gasteiger partial charge in [-0.3, -0.25) is 14.9 Å². The first kappa shape index (κ1) is 21.9. The second kappa shape index (κ2) is 8.65. The number of nitrogens with zero attached hydrogens (tertiary/aromatic N) is 4. The number of hydrogen-bond acceptors (Lipinski definition) is 7. The van der Waals surface area contributed by atoms with Crippen molar-refractivity contribution in [2.24, 2.45) is 0 Å². The summed E-state index contributed by atoms with van der Waals surface area (Å²) in [4.78, 5) is 33.7. The topological polar surface area (TPSA) is 103 Å². The average molecular weight is 464 g/mol. The largest absolute Gasteiger partial charge is 0.340 e. The van der Waals surface area contributed by atoms with E-state index in [1.54, 1.807) is 4.90 Å². The molecule has 9 nitrogen and oxygen atoms in total. The van der Waals surface area contributed by atoms with E-state index < -0.39 is 10.0 Å². The van der Waals surface area contributed by atoms with Crippen LogP contribution in [0.5, 0.6) is 0 Å². The van der Waals surface area contributed by atoms with Gasteiger partial charge in [-0.15, -0.1) is 11.3 Å². The molecule has 0 saturated carbocycles. The molecule has 1 saturated heterocycles. The number of hydrogen-bond donors (Lipinski definition) is 1. The third-order valence-electron chi connectivity index (χ3n) is 5.58. The molecule has 166 valence electrons. The van der Waals surface area contributed by atoms with Gasteiger partial charge < -0.3 is 9.80 Å². The van der Waals surface area contributed by atoms with Gasteiger partial charge in [0.2, 0.25) is 15.9 Å². The molecule has 1 N–H and O–H groups in total. The number of thiazole rings is 1. The quantitative estimate of drug-likeness (QED) is 0.732. The van der Waals surface area contributed by atoms with Gasteiger partial charge in [0.05, 0.1) is 10.6 Å². The van der Waals surface area contributed by atoms with Crippen LogP contribution in [0, 0.1) is 0 Å². The molecule has 4 rings (SSSR count). The van der Waals surface area contributed by atoms with E-state index in [1.807, 2.05) is 0 Å². The second-order valence-electron chi connectivity index (χ2n) is 7.77. The molecule has 1 fully saturated rings. The van der Waals surface area contributed by atoms with Crippen molar-refractivity contribution in [2.75, 3.05) is 45.1 Å². The molecule has 2 amide bonds. The zero-order valence-electron chi connectivity index (χ0n) is 17.5. The molecule has 1 aromatic carbocycles. The fourth-order valence-electron chi connectivity index (χ4n) is 3.72. The summed E-state index contributed by atoms with van der Waals surface area (Å²) in [7, 11) is -1.62. The molecule has 11 heteroatoms. The van der Waals surface area contributed by atoms with Crippen LogP contribution in [0.2, 0.25) is 0 Å². The molecule has 0 aliphatic carbocycles. The Balaban J connectivity index is 1.42. The number of fused-ring (bicyclic) bond motifs is 1. The van der Waals surface area contributed by atoms with Crippen LogP contribution in [0.15, 0.2) is 29.2 Å². The maximum atomic E-state index is 12.9. The summed E-state index contributed by atoms with van der Waals surface area (Å²) < 4.78 is 27.1. The minimum Gasteiger partial charge on any atom is -0.340 e. The lowest BCUT2D eigenvalue weighted by atomic mass is 10.2. The van der Waals surface area contributed by atoms with Crippen LogP contribution >= 0.6 is 11.3 Å². The van der Waals surface area contributed by atoms with E-state index in [1.165, 1.54) is 46.8 Å². The highest BCUT2D eigenvalue weighted by Crippen LogP contribution is 2.28. The summed E-state index contributed by atoms with van der Waals surface area (Å²) in [5, 5.41) is 3.38. The van der Waals surface area contributed by atoms with E-state index >= 15 is 0 Å². The lowest BCUT2D eigenvalue weighted by Gasteiger charge is -2.33. The number of carbonyl (C=O) groups excluding carboxylic acids is 2. The lowest BCUT2D eigenvalue weighted by Crippen LogP contribution is -2.49. The fourth-order valence-corrected chi connectivity index (χ4v) is 6.22. The highest BCUT2D eigenvalue weighted by Gasteiger charge is 2.29. The molecule has 0 spiro atoms. The molecule has 2 aliphatic heterocycles. The van der Waals surface area contributed by atoms with Crippen LogP contribution in [0.25, 0.3) is 0 Å². The standard InChI is InChI=1S/C20H25N5O4S2/c1-14(26)24-9-11-25(12-10-24)31(28,29)16-5-3-15(4-6-16)19(27)22-20-21-17-7-8-23(2)13-18(17)30-20/h3-6H,7-13H2,1-2H3,(H,21,22,27). The second-order valence-corrected chi connectivity index (χ2v) is 10.8. The first-order chi connectivity index (χ1) is 14.7. The Labute approximate surface area is 185 Å². The van der Waals surface area contributed by atoms with E-state index in [4.69, 9.17) is 0 Å². The molecule has 2 aliphatic rings. The Hall–Kier alpha value is -2.34. The van der Waals surface area contributed by atoms with Crippen LogP contribution in [0.4, 0.5) is 5.13 Å². The zero-order valence-corrected chi connectivity index (χ0v) is 19.1. The molecule has 0 bridgehead atoms. The van der Waals surface area contributed by atoms with Crippen LogP contribution in [-0.2, 0) is 27.8 Å². The predicted octanol–water partition coefficient (Wildman–Crippen LogP) is 1.24. The number of benzene rings is 1. The Kier molecular flexibility index (Phi) is 6.11. The Bertz CT molecular complexity index is 1090. The van der Waals surface area contributed by atoms with Crippen molar-refractivity contribution in [2.45, 2.75) is 24.8 Å². The van der Waals surface area contributed by atoms with Crippen LogP contribution < -0.4 is 5.32 Å². The van der Waals surface area contributed by atoms with Gasteiger partial charge in [0.1, 0.15) is 0 Å². The zero-order chi connectivity index (χ0) is 22.2. The van der Waals surface area contributed by atoms with Crippen molar-refractivity contribution in [1.82, 2.24) is 19.1 Å². The molecule has 3 heterocycles. The van der Waals surface area contributed by atoms with Crippen molar-refractivity contribution in [3.05, 3.63) is 40.4 Å². The average Bonchev–Trinajstić information content (AvgIpc) is 3.15. The van der Waals surface area contributed by atoms with E-state index in [0.717, 1.165) is 30.1 Å². The number of nitrogens with one attached hydrogen (secondary N) is 1. The number of anilines is 1. The maximum absolute atomic E-state index is 12.9. The van der Waals surface area contributed by atoms with E-state index in [0.29, 0.717) is 23.8 Å². The van der Waals surface area contributed by atoms with E-state index in [-0.39, 0.29) is 29.8 Å². The van der Waals surface area contributed by atoms with Gasteiger partial charge in [0.15, 0.2) is 5.13 Å². The molecular weight excluding hydrogens is 438 g/mol. The van der Waals surface area contributed by atoms with Crippen molar-refractivity contribution < 1.29 is 18.0 Å². The van der Waals surface area contributed by atoms with Crippen molar-refractivity contribution in [1.29, 1.82) is 0 Å². The minimum atomic E-state index is -3.67. The van der Waals surface area contributed by atoms with Gasteiger partial charge in [-0.1, -0.05) is 0 Å². The first-order valence-corrected chi connectivity index (χ1v) is 12.3. The summed E-state index contributed by atoms with van der Waals surface area (Å²) in [6.45, 7) is 4.53. The molecule has 0 unspecified atom stereocenters. The van der Waals surface area contributed by atoms with E-state index in [9.17, 15) is 18.0 Å². The number of piperazine rings is 1. The molecule has 31 heavy (non-hydrogen) atoms. The Morgan fingerprint density at radius 2 is 1.74 bits per heavy atom. The van der Waals surface area contributed by atoms with Crippen molar-refractivity contribution >= 4 is 38.3 Å². The maximum Gasteiger partial charge on any atom is 0.257 e. The summed E-state index contributed by atoms with van der Waals surface area (Å²) in [6, 6.07) is 5.91. The summed E-state index contributed by atoms with van der Waals surface area (Å²) in [5.74, 6) is -0.376. The summed E-state index contributed by atoms with van der Waals surface area (Å²) >= 11 is 1.48. The van der Waals surface area contributed by atoms with Gasteiger partial charge in [-0.05, 0) is 31.3 Å². The molecular formula is C20H25N5O4S2. The SMILES string of the molecule is CC(=O)N1CCN(S(=O)(=O)c2ccc(C(=O)Nc3nc4c(s3)CN(C)CC4)cc2)CC1. The lowest BCUT2D eigenvalue weighted by molar-refractivity contribution is -0.129. The fraction of sp³-hybridized carbons (Fsp3) is 0.450. The Morgan fingerprint density at radius 3 is 2.39 bits per heavy atom. The number of amides is 2. The number of likely N-dealkylation sites (N-methyl/N-ethyl adjacent to an activating group) is 1. The molecule has 2 aromatic rings. The number of rotatable bonds is 4. The van der Waals surface area contributed by atoms with Crippen molar-refractivity contribution in [3.63, 3.8) is 0 Å². The highest BCUT2D eigenvalue weighted by atomic mass is 32.2.